The van der Waals surface area contributed by atoms with E-state index in [2.05, 4.69) is 15.3 Å². The predicted octanol–water partition coefficient (Wildman–Crippen LogP) is 0.305. The molecule has 0 bridgehead atoms. The van der Waals surface area contributed by atoms with Crippen LogP contribution in [0, 0.1) is 11.5 Å². The van der Waals surface area contributed by atoms with Crippen LogP contribution in [0.4, 0.5) is 0 Å². The van der Waals surface area contributed by atoms with Gasteiger partial charge in [-0.15, -0.1) is 0 Å². The number of hydroxylamine groups is 1. The number of hydrogen-bond donors (Lipinski definition) is 1. The Morgan fingerprint density at radius 1 is 1.89 bits per heavy atom. The summed E-state index contributed by atoms with van der Waals surface area (Å²) >= 11 is 0. The summed E-state index contributed by atoms with van der Waals surface area (Å²) in [5, 5.41) is 8.06. The van der Waals surface area contributed by atoms with Gasteiger partial charge in [-0.05, 0) is 6.08 Å². The predicted molar refractivity (Wildman–Crippen MR) is 31.0 cm³/mol. The maximum atomic E-state index is 8.06. The normalized spacial score (nSPS) is 20.1. The van der Waals surface area contributed by atoms with Crippen LogP contribution in [-0.2, 0) is 4.84 Å². The highest BCUT2D eigenvalue weighted by Crippen LogP contribution is 1.92. The van der Waals surface area contributed by atoms with Crippen molar-refractivity contribution in [2.24, 2.45) is 4.99 Å². The van der Waals surface area contributed by atoms with Crippen molar-refractivity contribution in [2.45, 2.75) is 6.42 Å². The van der Waals surface area contributed by atoms with E-state index >= 15 is 0 Å². The van der Waals surface area contributed by atoms with E-state index in [-0.39, 0.29) is 0 Å². The molecule has 1 aliphatic rings. The van der Waals surface area contributed by atoms with Crippen molar-refractivity contribution in [3.8, 4) is 6.19 Å². The highest BCUT2D eigenvalue weighted by atomic mass is 16.6. The molecule has 4 nitrogen and oxygen atoms in total. The van der Waals surface area contributed by atoms with Gasteiger partial charge < -0.3 is 4.84 Å². The van der Waals surface area contributed by atoms with Gasteiger partial charge in [0.2, 0.25) is 6.19 Å². The van der Waals surface area contributed by atoms with Crippen LogP contribution in [0.1, 0.15) is 6.42 Å². The molecule has 0 radical (unpaired) electrons. The van der Waals surface area contributed by atoms with Crippen LogP contribution in [0.3, 0.4) is 0 Å². The smallest absolute Gasteiger partial charge is 0.207 e. The first-order chi connectivity index (χ1) is 4.43. The molecule has 1 aliphatic heterocycles. The summed E-state index contributed by atoms with van der Waals surface area (Å²) in [5.41, 5.74) is 2.46. The zero-order chi connectivity index (χ0) is 6.53. The Balaban J connectivity index is 2.56. The van der Waals surface area contributed by atoms with Gasteiger partial charge in [-0.1, -0.05) is 0 Å². The first-order valence-electron chi connectivity index (χ1n) is 2.46. The van der Waals surface area contributed by atoms with Gasteiger partial charge in [-0.25, -0.2) is 5.48 Å². The fourth-order valence-corrected chi connectivity index (χ4v) is 0.480. The fourth-order valence-electron chi connectivity index (χ4n) is 0.480. The lowest BCUT2D eigenvalue weighted by atomic mass is 10.4. The average Bonchev–Trinajstić information content (AvgIpc) is 1.91. The van der Waals surface area contributed by atoms with Gasteiger partial charge in [0, 0.05) is 6.42 Å². The number of nitriles is 1. The van der Waals surface area contributed by atoms with Crippen LogP contribution >= 0.6 is 0 Å². The van der Waals surface area contributed by atoms with E-state index in [9.17, 15) is 0 Å². The van der Waals surface area contributed by atoms with E-state index in [1.807, 2.05) is 0 Å². The highest BCUT2D eigenvalue weighted by Gasteiger charge is 1.98. The zero-order valence-electron chi connectivity index (χ0n) is 4.66. The van der Waals surface area contributed by atoms with Gasteiger partial charge in [0.1, 0.15) is 6.26 Å². The molecule has 0 aromatic rings. The standard InChI is InChI=1S/C5H5N3O/c6-4-7-5-2-1-3-9-8-5/h1,3H,2H2,(H,7,8). The average molecular weight is 123 g/mol. The molecule has 0 saturated carbocycles. The molecule has 0 amide bonds. The van der Waals surface area contributed by atoms with Crippen molar-refractivity contribution >= 4 is 5.84 Å². The second-order valence-corrected chi connectivity index (χ2v) is 1.45. The van der Waals surface area contributed by atoms with E-state index in [0.29, 0.717) is 12.3 Å². The van der Waals surface area contributed by atoms with Gasteiger partial charge in [0.05, 0.1) is 0 Å². The summed E-state index contributed by atoms with van der Waals surface area (Å²) in [6, 6.07) is 0. The Kier molecular flexibility index (Phi) is 1.70. The molecule has 1 N–H and O–H groups in total. The fraction of sp³-hybridized carbons (Fsp3) is 0.200. The Morgan fingerprint density at radius 3 is 3.33 bits per heavy atom. The van der Waals surface area contributed by atoms with E-state index in [1.165, 1.54) is 6.26 Å². The molecule has 0 aliphatic carbocycles. The minimum Gasteiger partial charge on any atom is -0.389 e. The van der Waals surface area contributed by atoms with Crippen molar-refractivity contribution < 1.29 is 4.84 Å². The van der Waals surface area contributed by atoms with E-state index in [1.54, 1.807) is 12.3 Å². The quantitative estimate of drug-likeness (QED) is 0.471. The summed E-state index contributed by atoms with van der Waals surface area (Å²) in [7, 11) is 0. The molecule has 0 aromatic heterocycles. The number of amidine groups is 1. The molecule has 0 aromatic carbocycles. The lowest BCUT2D eigenvalue weighted by Crippen LogP contribution is -2.23. The molecule has 46 valence electrons. The summed E-state index contributed by atoms with van der Waals surface area (Å²) in [4.78, 5) is 8.04. The molecule has 9 heavy (non-hydrogen) atoms. The SMILES string of the molecule is N#CN=C1CC=CON1. The van der Waals surface area contributed by atoms with Gasteiger partial charge >= 0.3 is 0 Å². The molecular weight excluding hydrogens is 118 g/mol. The van der Waals surface area contributed by atoms with Crippen LogP contribution in [0.2, 0.25) is 0 Å². The van der Waals surface area contributed by atoms with Gasteiger partial charge in [0.25, 0.3) is 0 Å². The van der Waals surface area contributed by atoms with Gasteiger partial charge in [-0.3, -0.25) is 0 Å². The Hall–Kier alpha value is -1.50. The third-order valence-electron chi connectivity index (χ3n) is 0.837. The van der Waals surface area contributed by atoms with Crippen LogP contribution in [0.25, 0.3) is 0 Å². The van der Waals surface area contributed by atoms with Crippen LogP contribution in [0.5, 0.6) is 0 Å². The summed E-state index contributed by atoms with van der Waals surface area (Å²) in [5.74, 6) is 0.542. The second kappa shape index (κ2) is 2.72. The largest absolute Gasteiger partial charge is 0.389 e. The Labute approximate surface area is 52.4 Å². The van der Waals surface area contributed by atoms with Crippen LogP contribution < -0.4 is 5.48 Å². The zero-order valence-corrected chi connectivity index (χ0v) is 4.66. The number of aliphatic imine (C=N–C) groups is 1. The maximum Gasteiger partial charge on any atom is 0.207 e. The van der Waals surface area contributed by atoms with Gasteiger partial charge in [0.15, 0.2) is 5.84 Å². The number of nitrogens with one attached hydrogen (secondary N) is 1. The summed E-state index contributed by atoms with van der Waals surface area (Å²) in [6.45, 7) is 0. The first-order valence-corrected chi connectivity index (χ1v) is 2.46. The van der Waals surface area contributed by atoms with Crippen molar-refractivity contribution in [3.63, 3.8) is 0 Å². The lowest BCUT2D eigenvalue weighted by molar-refractivity contribution is 0.185. The first kappa shape index (κ1) is 5.63. The van der Waals surface area contributed by atoms with Crippen molar-refractivity contribution in [1.82, 2.24) is 5.48 Å². The van der Waals surface area contributed by atoms with Crippen molar-refractivity contribution in [2.75, 3.05) is 0 Å². The maximum absolute atomic E-state index is 8.06. The molecule has 0 fully saturated rings. The minimum absolute atomic E-state index is 0.542. The minimum atomic E-state index is 0.542. The number of hydrogen-bond acceptors (Lipinski definition) is 3. The molecule has 0 unspecified atom stereocenters. The van der Waals surface area contributed by atoms with Gasteiger partial charge in [-0.2, -0.15) is 10.3 Å². The third kappa shape index (κ3) is 1.46. The topological polar surface area (TPSA) is 57.4 Å². The molecule has 0 saturated heterocycles. The summed E-state index contributed by atoms with van der Waals surface area (Å²) in [6.07, 6.45) is 5.56. The molecule has 4 heteroatoms. The van der Waals surface area contributed by atoms with Crippen LogP contribution in [-0.4, -0.2) is 5.84 Å². The van der Waals surface area contributed by atoms with Crippen molar-refractivity contribution in [3.05, 3.63) is 12.3 Å². The molecule has 0 atom stereocenters. The number of rotatable bonds is 0. The van der Waals surface area contributed by atoms with E-state index in [0.717, 1.165) is 0 Å². The van der Waals surface area contributed by atoms with Crippen LogP contribution in [0.15, 0.2) is 17.3 Å². The van der Waals surface area contributed by atoms with Crippen molar-refractivity contribution in [1.29, 1.82) is 5.26 Å². The lowest BCUT2D eigenvalue weighted by Gasteiger charge is -2.07. The molecule has 0 spiro atoms. The second-order valence-electron chi connectivity index (χ2n) is 1.45. The third-order valence-corrected chi connectivity index (χ3v) is 0.837. The molecule has 1 rings (SSSR count). The number of nitrogens with zero attached hydrogens (tertiary/aromatic N) is 2. The highest BCUT2D eigenvalue weighted by molar-refractivity contribution is 5.83. The molecule has 1 heterocycles. The Morgan fingerprint density at radius 2 is 2.78 bits per heavy atom. The Bertz CT molecular complexity index is 189. The monoisotopic (exact) mass is 123 g/mol. The van der Waals surface area contributed by atoms with E-state index < -0.39 is 0 Å². The van der Waals surface area contributed by atoms with E-state index in [4.69, 9.17) is 5.26 Å². The molecular formula is C5H5N3O. The summed E-state index contributed by atoms with van der Waals surface area (Å²) < 4.78 is 0.